The zero-order chi connectivity index (χ0) is 15.5. The van der Waals surface area contributed by atoms with Gasteiger partial charge in [-0.25, -0.2) is 4.68 Å². The van der Waals surface area contributed by atoms with Crippen LogP contribution >= 0.6 is 0 Å². The van der Waals surface area contributed by atoms with Gasteiger partial charge in [0.2, 0.25) is 5.91 Å². The fourth-order valence-electron chi connectivity index (χ4n) is 3.47. The molecular formula is C19H24N2O. The predicted octanol–water partition coefficient (Wildman–Crippen LogP) is 4.31. The number of rotatable bonds is 3. The quantitative estimate of drug-likeness (QED) is 0.846. The molecule has 0 aliphatic heterocycles. The zero-order valence-electron chi connectivity index (χ0n) is 13.5. The average molecular weight is 296 g/mol. The van der Waals surface area contributed by atoms with Gasteiger partial charge in [-0.1, -0.05) is 49.6 Å². The van der Waals surface area contributed by atoms with Crippen LogP contribution in [0.4, 0.5) is 0 Å². The van der Waals surface area contributed by atoms with Crippen molar-refractivity contribution in [2.24, 2.45) is 5.92 Å². The Morgan fingerprint density at radius 3 is 2.50 bits per heavy atom. The summed E-state index contributed by atoms with van der Waals surface area (Å²) in [7, 11) is 0. The maximum Gasteiger partial charge on any atom is 0.250 e. The Labute approximate surface area is 132 Å². The molecule has 1 heterocycles. The highest BCUT2D eigenvalue weighted by atomic mass is 16.2. The first-order valence-corrected chi connectivity index (χ1v) is 8.30. The Morgan fingerprint density at radius 1 is 1.14 bits per heavy atom. The lowest BCUT2D eigenvalue weighted by atomic mass is 9.88. The van der Waals surface area contributed by atoms with Crippen LogP contribution in [0.5, 0.6) is 0 Å². The second-order valence-corrected chi connectivity index (χ2v) is 6.40. The molecule has 0 unspecified atom stereocenters. The predicted molar refractivity (Wildman–Crippen MR) is 88.2 cm³/mol. The molecule has 0 amide bonds. The second kappa shape index (κ2) is 6.47. The molecule has 3 nitrogen and oxygen atoms in total. The standard InChI is InChI=1S/C19H24N2O/c1-14-18(13-16-9-5-3-6-10-16)15(2)21(20-14)19(22)17-11-7-4-8-12-17/h3,5-6,9-10,17H,4,7-8,11-13H2,1-2H3. The highest BCUT2D eigenvalue weighted by Crippen LogP contribution is 2.26. The van der Waals surface area contributed by atoms with E-state index < -0.39 is 0 Å². The summed E-state index contributed by atoms with van der Waals surface area (Å²) in [5.74, 6) is 0.357. The molecule has 1 saturated carbocycles. The number of aromatic nitrogens is 2. The van der Waals surface area contributed by atoms with Crippen molar-refractivity contribution >= 4 is 5.91 Å². The van der Waals surface area contributed by atoms with Gasteiger partial charge in [0, 0.05) is 23.6 Å². The van der Waals surface area contributed by atoms with Crippen molar-refractivity contribution in [1.29, 1.82) is 0 Å². The van der Waals surface area contributed by atoms with Gasteiger partial charge in [0.15, 0.2) is 0 Å². The van der Waals surface area contributed by atoms with Crippen molar-refractivity contribution in [3.63, 3.8) is 0 Å². The van der Waals surface area contributed by atoms with Crippen LogP contribution < -0.4 is 0 Å². The summed E-state index contributed by atoms with van der Waals surface area (Å²) in [6, 6.07) is 10.4. The van der Waals surface area contributed by atoms with E-state index in [0.29, 0.717) is 0 Å². The van der Waals surface area contributed by atoms with E-state index in [-0.39, 0.29) is 11.8 Å². The molecule has 0 spiro atoms. The minimum atomic E-state index is 0.163. The molecule has 0 saturated heterocycles. The lowest BCUT2D eigenvalue weighted by Crippen LogP contribution is -2.25. The van der Waals surface area contributed by atoms with Gasteiger partial charge < -0.3 is 0 Å². The van der Waals surface area contributed by atoms with E-state index in [1.165, 1.54) is 30.4 Å². The second-order valence-electron chi connectivity index (χ2n) is 6.40. The molecule has 1 fully saturated rings. The topological polar surface area (TPSA) is 34.9 Å². The number of benzene rings is 1. The van der Waals surface area contributed by atoms with Crippen LogP contribution in [0.1, 0.15) is 59.4 Å². The molecule has 3 heteroatoms. The molecular weight excluding hydrogens is 272 g/mol. The SMILES string of the molecule is Cc1nn(C(=O)C2CCCCC2)c(C)c1Cc1ccccc1. The highest BCUT2D eigenvalue weighted by Gasteiger charge is 2.25. The Kier molecular flexibility index (Phi) is 4.41. The van der Waals surface area contributed by atoms with Gasteiger partial charge >= 0.3 is 0 Å². The number of aryl methyl sites for hydroxylation is 1. The number of nitrogens with zero attached hydrogens (tertiary/aromatic N) is 2. The Hall–Kier alpha value is -1.90. The molecule has 116 valence electrons. The first kappa shape index (κ1) is 15.0. The summed E-state index contributed by atoms with van der Waals surface area (Å²) in [6.45, 7) is 4.04. The van der Waals surface area contributed by atoms with Crippen LogP contribution in [-0.4, -0.2) is 15.7 Å². The molecule has 3 rings (SSSR count). The Balaban J connectivity index is 1.84. The van der Waals surface area contributed by atoms with E-state index >= 15 is 0 Å². The van der Waals surface area contributed by atoms with Gasteiger partial charge in [0.25, 0.3) is 0 Å². The minimum absolute atomic E-state index is 0.163. The number of hydrogen-bond acceptors (Lipinski definition) is 2. The van der Waals surface area contributed by atoms with Gasteiger partial charge in [-0.15, -0.1) is 0 Å². The molecule has 1 aromatic carbocycles. The monoisotopic (exact) mass is 296 g/mol. The van der Waals surface area contributed by atoms with E-state index in [2.05, 4.69) is 29.4 Å². The van der Waals surface area contributed by atoms with Gasteiger partial charge in [0.05, 0.1) is 5.69 Å². The van der Waals surface area contributed by atoms with E-state index in [9.17, 15) is 4.79 Å². The fraction of sp³-hybridized carbons (Fsp3) is 0.474. The van der Waals surface area contributed by atoms with Gasteiger partial charge in [-0.2, -0.15) is 5.10 Å². The third-order valence-electron chi connectivity index (χ3n) is 4.83. The highest BCUT2D eigenvalue weighted by molar-refractivity contribution is 5.81. The van der Waals surface area contributed by atoms with Crippen LogP contribution in [0.25, 0.3) is 0 Å². The fourth-order valence-corrected chi connectivity index (χ4v) is 3.47. The van der Waals surface area contributed by atoms with Crippen molar-refractivity contribution in [3.05, 3.63) is 52.8 Å². The van der Waals surface area contributed by atoms with E-state index in [4.69, 9.17) is 0 Å². The number of carbonyl (C=O) groups excluding carboxylic acids is 1. The summed E-state index contributed by atoms with van der Waals surface area (Å²) >= 11 is 0. The minimum Gasteiger partial charge on any atom is -0.272 e. The maximum absolute atomic E-state index is 12.7. The first-order chi connectivity index (χ1) is 10.7. The van der Waals surface area contributed by atoms with Crippen molar-refractivity contribution < 1.29 is 4.79 Å². The molecule has 22 heavy (non-hydrogen) atoms. The number of hydrogen-bond donors (Lipinski definition) is 0. The van der Waals surface area contributed by atoms with Gasteiger partial charge in [0.1, 0.15) is 0 Å². The van der Waals surface area contributed by atoms with Crippen LogP contribution in [0.3, 0.4) is 0 Å². The summed E-state index contributed by atoms with van der Waals surface area (Å²) in [5, 5.41) is 4.55. The van der Waals surface area contributed by atoms with Gasteiger partial charge in [-0.05, 0) is 32.3 Å². The van der Waals surface area contributed by atoms with E-state index in [1.807, 2.05) is 19.9 Å². The summed E-state index contributed by atoms with van der Waals surface area (Å²) in [5.41, 5.74) is 4.44. The molecule has 0 bridgehead atoms. The molecule has 0 atom stereocenters. The van der Waals surface area contributed by atoms with Crippen LogP contribution in [0.2, 0.25) is 0 Å². The lowest BCUT2D eigenvalue weighted by Gasteiger charge is -2.20. The van der Waals surface area contributed by atoms with Crippen molar-refractivity contribution in [2.75, 3.05) is 0 Å². The van der Waals surface area contributed by atoms with Crippen molar-refractivity contribution in [3.8, 4) is 0 Å². The third-order valence-corrected chi connectivity index (χ3v) is 4.83. The largest absolute Gasteiger partial charge is 0.272 e. The molecule has 2 aromatic rings. The third kappa shape index (κ3) is 2.99. The number of carbonyl (C=O) groups is 1. The molecule has 0 N–H and O–H groups in total. The van der Waals surface area contributed by atoms with Gasteiger partial charge in [-0.3, -0.25) is 4.79 Å². The lowest BCUT2D eigenvalue weighted by molar-refractivity contribution is 0.0781. The van der Waals surface area contributed by atoms with E-state index in [0.717, 1.165) is 30.7 Å². The Morgan fingerprint density at radius 2 is 1.82 bits per heavy atom. The molecule has 0 radical (unpaired) electrons. The van der Waals surface area contributed by atoms with E-state index in [1.54, 1.807) is 4.68 Å². The summed E-state index contributed by atoms with van der Waals surface area (Å²) in [4.78, 5) is 12.7. The molecule has 1 aliphatic carbocycles. The smallest absolute Gasteiger partial charge is 0.250 e. The van der Waals surface area contributed by atoms with Crippen molar-refractivity contribution in [1.82, 2.24) is 9.78 Å². The summed E-state index contributed by atoms with van der Waals surface area (Å²) < 4.78 is 1.67. The Bertz CT molecular complexity index is 652. The zero-order valence-corrected chi connectivity index (χ0v) is 13.5. The normalized spacial score (nSPS) is 15.9. The first-order valence-electron chi connectivity index (χ1n) is 8.30. The van der Waals surface area contributed by atoms with Crippen LogP contribution in [0, 0.1) is 19.8 Å². The van der Waals surface area contributed by atoms with Crippen LogP contribution in [0.15, 0.2) is 30.3 Å². The average Bonchev–Trinajstić information content (AvgIpc) is 2.84. The molecule has 1 aliphatic rings. The van der Waals surface area contributed by atoms with Crippen LogP contribution in [-0.2, 0) is 6.42 Å². The summed E-state index contributed by atoms with van der Waals surface area (Å²) in [6.07, 6.45) is 6.49. The van der Waals surface area contributed by atoms with Crippen molar-refractivity contribution in [2.45, 2.75) is 52.4 Å². The maximum atomic E-state index is 12.7. The molecule has 1 aromatic heterocycles.